The van der Waals surface area contributed by atoms with Crippen LogP contribution in [0.5, 0.6) is 5.75 Å². The smallest absolute Gasteiger partial charge is 0.290 e. The number of carbonyl (C=O) groups is 1. The van der Waals surface area contributed by atoms with Gasteiger partial charge in [-0.05, 0) is 30.3 Å². The third kappa shape index (κ3) is 4.36. The molecule has 2 aromatic carbocycles. The fourth-order valence-corrected chi connectivity index (χ4v) is 4.68. The first kappa shape index (κ1) is 20.7. The zero-order chi connectivity index (χ0) is 20.9. The number of aromatic nitrogens is 1. The minimum atomic E-state index is -3.70. The van der Waals surface area contributed by atoms with Crippen molar-refractivity contribution in [1.29, 1.82) is 0 Å². The highest BCUT2D eigenvalue weighted by Gasteiger charge is 2.20. The molecule has 0 unspecified atom stereocenters. The molecule has 1 aliphatic heterocycles. The fraction of sp³-hybridized carbons (Fsp3) is 0.250. The lowest BCUT2D eigenvalue weighted by molar-refractivity contribution is -0.122. The van der Waals surface area contributed by atoms with Crippen LogP contribution in [-0.4, -0.2) is 57.3 Å². The van der Waals surface area contributed by atoms with Crippen molar-refractivity contribution in [3.05, 3.63) is 54.7 Å². The maximum Gasteiger partial charge on any atom is 0.290 e. The van der Waals surface area contributed by atoms with Gasteiger partial charge in [0.25, 0.3) is 16.5 Å². The molecule has 0 radical (unpaired) electrons. The molecule has 2 N–H and O–H groups in total. The van der Waals surface area contributed by atoms with Gasteiger partial charge in [0.05, 0.1) is 17.5 Å². The molecule has 0 aliphatic carbocycles. The number of anilines is 1. The summed E-state index contributed by atoms with van der Waals surface area (Å²) in [6, 6.07) is 14.4. The molecule has 2 heterocycles. The Kier molecular flexibility index (Phi) is 6.40. The van der Waals surface area contributed by atoms with E-state index in [0.29, 0.717) is 11.3 Å². The second-order valence-corrected chi connectivity index (χ2v) is 8.20. The zero-order valence-electron chi connectivity index (χ0n) is 16.0. The summed E-state index contributed by atoms with van der Waals surface area (Å²) in [7, 11) is -2.17. The Labute approximate surface area is 169 Å². The van der Waals surface area contributed by atoms with E-state index >= 15 is 0 Å². The number of nitrogens with zero attached hydrogens (tertiary/aromatic N) is 2. The van der Waals surface area contributed by atoms with Crippen LogP contribution in [-0.2, 0) is 14.8 Å². The highest BCUT2D eigenvalue weighted by atomic mass is 32.2. The number of piperazine rings is 1. The number of benzene rings is 2. The molecule has 0 amide bonds. The number of rotatable bonds is 4. The van der Waals surface area contributed by atoms with Gasteiger partial charge in [-0.1, -0.05) is 12.1 Å². The minimum Gasteiger partial charge on any atom is -0.497 e. The number of nitrogens with one attached hydrogen (secondary N) is 1. The van der Waals surface area contributed by atoms with Crippen LogP contribution in [0.15, 0.2) is 59.6 Å². The Morgan fingerprint density at radius 3 is 2.52 bits per heavy atom. The number of fused-ring (bicyclic) bond motifs is 1. The summed E-state index contributed by atoms with van der Waals surface area (Å²) >= 11 is 0. The van der Waals surface area contributed by atoms with Gasteiger partial charge in [-0.15, -0.1) is 0 Å². The molecular formula is C20H23N3O5S. The van der Waals surface area contributed by atoms with Crippen LogP contribution in [0.3, 0.4) is 0 Å². The van der Waals surface area contributed by atoms with Gasteiger partial charge in [0.1, 0.15) is 5.75 Å². The molecule has 0 saturated carbocycles. The van der Waals surface area contributed by atoms with Crippen molar-refractivity contribution in [2.75, 3.05) is 38.2 Å². The monoisotopic (exact) mass is 417 g/mol. The second kappa shape index (κ2) is 8.97. The van der Waals surface area contributed by atoms with E-state index in [9.17, 15) is 8.42 Å². The van der Waals surface area contributed by atoms with E-state index in [1.165, 1.54) is 11.1 Å². The summed E-state index contributed by atoms with van der Waals surface area (Å²) in [5.74, 6) is 0.518. The predicted octanol–water partition coefficient (Wildman–Crippen LogP) is 2.00. The second-order valence-electron chi connectivity index (χ2n) is 6.38. The molecule has 3 aromatic rings. The Bertz CT molecular complexity index is 1090. The summed E-state index contributed by atoms with van der Waals surface area (Å²) < 4.78 is 32.8. The Morgan fingerprint density at radius 1 is 1.10 bits per heavy atom. The molecule has 0 atom stereocenters. The van der Waals surface area contributed by atoms with Crippen LogP contribution in [0, 0.1) is 0 Å². The van der Waals surface area contributed by atoms with E-state index in [1.807, 2.05) is 18.2 Å². The fourth-order valence-electron chi connectivity index (χ4n) is 3.30. The number of hydrogen-bond donors (Lipinski definition) is 2. The normalized spacial score (nSPS) is 14.2. The first-order valence-corrected chi connectivity index (χ1v) is 10.5. The molecule has 154 valence electrons. The van der Waals surface area contributed by atoms with Gasteiger partial charge in [-0.2, -0.15) is 0 Å². The first-order chi connectivity index (χ1) is 14.0. The Hall–Kier alpha value is -3.04. The number of methoxy groups -OCH3 is 1. The van der Waals surface area contributed by atoms with Crippen molar-refractivity contribution in [3.8, 4) is 5.75 Å². The molecule has 8 nitrogen and oxygen atoms in total. The van der Waals surface area contributed by atoms with Gasteiger partial charge >= 0.3 is 0 Å². The van der Waals surface area contributed by atoms with Crippen molar-refractivity contribution < 1.29 is 23.1 Å². The predicted molar refractivity (Wildman–Crippen MR) is 111 cm³/mol. The lowest BCUT2D eigenvalue weighted by Crippen LogP contribution is -2.43. The van der Waals surface area contributed by atoms with Crippen LogP contribution >= 0.6 is 0 Å². The molecule has 4 rings (SSSR count). The first-order valence-electron chi connectivity index (χ1n) is 9.05. The van der Waals surface area contributed by atoms with Gasteiger partial charge in [0.2, 0.25) is 0 Å². The van der Waals surface area contributed by atoms with Crippen LogP contribution in [0.4, 0.5) is 5.69 Å². The average Bonchev–Trinajstić information content (AvgIpc) is 3.19. The Balaban J connectivity index is 0.000000755. The zero-order valence-corrected chi connectivity index (χ0v) is 16.8. The molecule has 9 heteroatoms. The summed E-state index contributed by atoms with van der Waals surface area (Å²) in [4.78, 5) is 10.8. The van der Waals surface area contributed by atoms with Gasteiger partial charge in [-0.25, -0.2) is 12.4 Å². The molecule has 1 saturated heterocycles. The van der Waals surface area contributed by atoms with Crippen molar-refractivity contribution in [1.82, 2.24) is 9.29 Å². The van der Waals surface area contributed by atoms with E-state index in [1.54, 1.807) is 30.5 Å². The van der Waals surface area contributed by atoms with Gasteiger partial charge in [0, 0.05) is 49.5 Å². The van der Waals surface area contributed by atoms with Gasteiger partial charge in [0.15, 0.2) is 0 Å². The van der Waals surface area contributed by atoms with Gasteiger partial charge < -0.3 is 20.1 Å². The summed E-state index contributed by atoms with van der Waals surface area (Å²) in [6.07, 6.45) is 1.61. The molecule has 0 bridgehead atoms. The van der Waals surface area contributed by atoms with E-state index in [0.717, 1.165) is 37.3 Å². The molecule has 29 heavy (non-hydrogen) atoms. The average molecular weight is 417 g/mol. The SMILES string of the molecule is COc1cccc(S(=O)(=O)n2ccc3ccc(N4CCNCC4)cc32)c1.O=CO. The van der Waals surface area contributed by atoms with Crippen molar-refractivity contribution in [3.63, 3.8) is 0 Å². The summed E-state index contributed by atoms with van der Waals surface area (Å²) in [6.45, 7) is 3.44. The quantitative estimate of drug-likeness (QED) is 0.626. The summed E-state index contributed by atoms with van der Waals surface area (Å²) in [5.41, 5.74) is 1.73. The summed E-state index contributed by atoms with van der Waals surface area (Å²) in [5, 5.41) is 11.1. The molecule has 1 aromatic heterocycles. The largest absolute Gasteiger partial charge is 0.497 e. The lowest BCUT2D eigenvalue weighted by atomic mass is 10.2. The molecule has 0 spiro atoms. The maximum atomic E-state index is 13.1. The highest BCUT2D eigenvalue weighted by molar-refractivity contribution is 7.90. The lowest BCUT2D eigenvalue weighted by Gasteiger charge is -2.29. The molecule has 1 fully saturated rings. The van der Waals surface area contributed by atoms with Crippen LogP contribution in [0.25, 0.3) is 10.9 Å². The molecular weight excluding hydrogens is 394 g/mol. The minimum absolute atomic E-state index is 0.210. The third-order valence-corrected chi connectivity index (χ3v) is 6.41. The third-order valence-electron chi connectivity index (χ3n) is 4.72. The molecule has 1 aliphatic rings. The van der Waals surface area contributed by atoms with Crippen LogP contribution < -0.4 is 15.0 Å². The van der Waals surface area contributed by atoms with Crippen LogP contribution in [0.2, 0.25) is 0 Å². The van der Waals surface area contributed by atoms with E-state index < -0.39 is 10.0 Å². The number of carboxylic acid groups (broad SMARTS) is 1. The highest BCUT2D eigenvalue weighted by Crippen LogP contribution is 2.28. The van der Waals surface area contributed by atoms with Gasteiger partial charge in [-0.3, -0.25) is 4.79 Å². The maximum absolute atomic E-state index is 13.1. The van der Waals surface area contributed by atoms with Crippen molar-refractivity contribution in [2.24, 2.45) is 0 Å². The number of ether oxygens (including phenoxy) is 1. The van der Waals surface area contributed by atoms with Crippen LogP contribution in [0.1, 0.15) is 0 Å². The van der Waals surface area contributed by atoms with E-state index in [-0.39, 0.29) is 11.4 Å². The van der Waals surface area contributed by atoms with E-state index in [4.69, 9.17) is 14.6 Å². The topological polar surface area (TPSA) is 101 Å². The van der Waals surface area contributed by atoms with Crippen molar-refractivity contribution in [2.45, 2.75) is 4.90 Å². The standard InChI is InChI=1S/C19H21N3O3S.CH2O2/c1-25-17-3-2-4-18(14-17)26(23,24)22-10-7-15-5-6-16(13-19(15)22)21-11-8-20-9-12-21;2-1-3/h2-7,10,13-14,20H,8-9,11-12H2,1H3;1H,(H,2,3). The Morgan fingerprint density at radius 2 is 1.83 bits per heavy atom. The number of hydrogen-bond acceptors (Lipinski definition) is 6. The van der Waals surface area contributed by atoms with Crippen molar-refractivity contribution >= 4 is 33.1 Å². The van der Waals surface area contributed by atoms with E-state index in [2.05, 4.69) is 16.3 Å².